The maximum Gasteiger partial charge on any atom is 0.0817 e. The van der Waals surface area contributed by atoms with E-state index < -0.39 is 6.17 Å². The minimum absolute atomic E-state index is 0.102. The number of nitrogens with two attached hydrogens (primary N) is 1. The highest BCUT2D eigenvalue weighted by Gasteiger charge is 2.37. The van der Waals surface area contributed by atoms with Gasteiger partial charge in [-0.25, -0.2) is 0 Å². The van der Waals surface area contributed by atoms with Gasteiger partial charge in [0.15, 0.2) is 0 Å². The average molecular weight is 891 g/mol. The third-order valence-electron chi connectivity index (χ3n) is 13.7. The van der Waals surface area contributed by atoms with Gasteiger partial charge in [0.1, 0.15) is 0 Å². The van der Waals surface area contributed by atoms with Gasteiger partial charge in [-0.05, 0) is 114 Å². The van der Waals surface area contributed by atoms with Crippen LogP contribution in [0, 0.1) is 0 Å². The minimum atomic E-state index is -0.432. The molecule has 0 amide bonds. The van der Waals surface area contributed by atoms with Gasteiger partial charge in [0.2, 0.25) is 0 Å². The third kappa shape index (κ3) is 8.88. The maximum absolute atomic E-state index is 7.03. The van der Waals surface area contributed by atoms with Gasteiger partial charge >= 0.3 is 0 Å². The molecule has 334 valence electrons. The Labute approximate surface area is 405 Å². The zero-order valence-electron chi connectivity index (χ0n) is 38.9. The summed E-state index contributed by atoms with van der Waals surface area (Å²) in [6, 6.07) is 83.9. The predicted molar refractivity (Wildman–Crippen MR) is 292 cm³/mol. The van der Waals surface area contributed by atoms with Gasteiger partial charge in [0.25, 0.3) is 0 Å². The Balaban J connectivity index is 0.976. The van der Waals surface area contributed by atoms with Crippen molar-refractivity contribution in [2.45, 2.75) is 31.5 Å². The molecule has 0 fully saturated rings. The first kappa shape index (κ1) is 43.3. The van der Waals surface area contributed by atoms with Crippen molar-refractivity contribution in [3.05, 3.63) is 270 Å². The first-order chi connectivity index (χ1) is 33.9. The summed E-state index contributed by atoms with van der Waals surface area (Å²) in [5, 5.41) is 14.0. The summed E-state index contributed by atoms with van der Waals surface area (Å²) in [5.41, 5.74) is 26.4. The second-order valence-corrected chi connectivity index (χ2v) is 18.5. The molecule has 10 aromatic carbocycles. The molecule has 11 rings (SSSR count). The lowest BCUT2D eigenvalue weighted by Crippen LogP contribution is -2.31. The van der Waals surface area contributed by atoms with Gasteiger partial charge in [-0.15, -0.1) is 0 Å². The number of benzene rings is 10. The highest BCUT2D eigenvalue weighted by atomic mass is 15.0. The van der Waals surface area contributed by atoms with Gasteiger partial charge in [0.05, 0.1) is 12.2 Å². The van der Waals surface area contributed by atoms with E-state index in [1.165, 1.54) is 44.2 Å². The number of para-hydroxylation sites is 2. The van der Waals surface area contributed by atoms with E-state index in [9.17, 15) is 0 Å². The molecule has 5 N–H and O–H groups in total. The Morgan fingerprint density at radius 3 is 1.54 bits per heavy atom. The molecule has 0 spiro atoms. The molecule has 0 bridgehead atoms. The molecule has 4 nitrogen and oxygen atoms in total. The lowest BCUT2D eigenvalue weighted by Gasteiger charge is -2.24. The predicted octanol–water partition coefficient (Wildman–Crippen LogP) is 16.6. The van der Waals surface area contributed by atoms with Crippen LogP contribution in [0.2, 0.25) is 0 Å². The second-order valence-electron chi connectivity index (χ2n) is 18.5. The first-order valence-corrected chi connectivity index (χ1v) is 23.9. The van der Waals surface area contributed by atoms with Crippen LogP contribution in [0.1, 0.15) is 53.9 Å². The molecule has 4 heteroatoms. The van der Waals surface area contributed by atoms with Crippen LogP contribution in [0.5, 0.6) is 0 Å². The van der Waals surface area contributed by atoms with E-state index in [0.29, 0.717) is 0 Å². The molecule has 10 aromatic rings. The molecule has 2 atom stereocenters. The molecule has 2 unspecified atom stereocenters. The molecule has 0 aliphatic heterocycles. The average Bonchev–Trinajstić information content (AvgIpc) is 3.62. The van der Waals surface area contributed by atoms with Gasteiger partial charge in [-0.2, -0.15) is 0 Å². The van der Waals surface area contributed by atoms with Crippen molar-refractivity contribution in [3.8, 4) is 44.5 Å². The summed E-state index contributed by atoms with van der Waals surface area (Å²) < 4.78 is 0. The summed E-state index contributed by atoms with van der Waals surface area (Å²) in [7, 11) is 0. The molecular formula is C65H54N4. The Morgan fingerprint density at radius 1 is 0.420 bits per heavy atom. The van der Waals surface area contributed by atoms with Crippen LogP contribution in [0.25, 0.3) is 61.4 Å². The fourth-order valence-corrected chi connectivity index (χ4v) is 10.1. The van der Waals surface area contributed by atoms with Gasteiger partial charge < -0.3 is 16.4 Å². The Hall–Kier alpha value is -8.28. The Bertz CT molecular complexity index is 3350. The fraction of sp³-hybridized carbons (Fsp3) is 0.0769. The van der Waals surface area contributed by atoms with E-state index in [0.717, 1.165) is 61.7 Å². The van der Waals surface area contributed by atoms with Crippen molar-refractivity contribution in [1.29, 1.82) is 0 Å². The van der Waals surface area contributed by atoms with Crippen molar-refractivity contribution in [2.24, 2.45) is 5.73 Å². The summed E-state index contributed by atoms with van der Waals surface area (Å²) in [6.07, 6.45) is 4.01. The topological polar surface area (TPSA) is 62.1 Å². The fourth-order valence-electron chi connectivity index (χ4n) is 10.1. The number of hydrogen-bond acceptors (Lipinski definition) is 4. The normalized spacial score (nSPS) is 13.4. The summed E-state index contributed by atoms with van der Waals surface area (Å²) in [5.74, 6) is 0. The van der Waals surface area contributed by atoms with Gasteiger partial charge in [0, 0.05) is 39.3 Å². The Kier molecular flexibility index (Phi) is 11.8. The van der Waals surface area contributed by atoms with Crippen LogP contribution in [0.15, 0.2) is 243 Å². The number of nitrogens with one attached hydrogen (secondary N) is 3. The van der Waals surface area contributed by atoms with Crippen LogP contribution >= 0.6 is 0 Å². The van der Waals surface area contributed by atoms with Crippen LogP contribution in [0.3, 0.4) is 0 Å². The molecule has 0 saturated carbocycles. The lowest BCUT2D eigenvalue weighted by atomic mass is 9.81. The van der Waals surface area contributed by atoms with E-state index >= 15 is 0 Å². The van der Waals surface area contributed by atoms with Crippen molar-refractivity contribution in [1.82, 2.24) is 5.32 Å². The van der Waals surface area contributed by atoms with Gasteiger partial charge in [-0.1, -0.05) is 220 Å². The molecule has 0 saturated heterocycles. The van der Waals surface area contributed by atoms with E-state index in [2.05, 4.69) is 260 Å². The van der Waals surface area contributed by atoms with Crippen molar-refractivity contribution in [3.63, 3.8) is 0 Å². The molecule has 69 heavy (non-hydrogen) atoms. The molecule has 1 aliphatic rings. The zero-order chi connectivity index (χ0) is 46.7. The quantitative estimate of drug-likeness (QED) is 0.0871. The number of anilines is 4. The Morgan fingerprint density at radius 2 is 0.928 bits per heavy atom. The number of rotatable bonds is 13. The van der Waals surface area contributed by atoms with E-state index in [4.69, 9.17) is 5.73 Å². The SMILES string of the molecule is CC1(C)c2cc3ccccc3cc2-c2c(-c3ccc(/C=C/C(NC(N)c4ccccc4)c4cc(Nc5ccccc5-c5ccccc5)cc(Nc5ccccc5-c5ccccc5)c4)cc3)cccc21. The van der Waals surface area contributed by atoms with Crippen LogP contribution < -0.4 is 21.7 Å². The summed E-state index contributed by atoms with van der Waals surface area (Å²) in [6.45, 7) is 4.71. The standard InChI is InChI=1S/C65H54N4/c1-65(2)58-30-18-29-56(63(58)57-41-49-25-12-13-26-50(49)42-59(57)65)47-36-33-44(34-37-47)35-38-60(69-64(66)48-23-10-5-11-24-48)51-39-52(67-61-31-16-14-27-54(61)45-19-6-3-7-20-45)43-53(40-51)68-62-32-17-15-28-55(62)46-21-8-4-9-22-46/h3-43,60,64,67-69H,66H2,1-2H3/b38-35+. The summed E-state index contributed by atoms with van der Waals surface area (Å²) in [4.78, 5) is 0. The van der Waals surface area contributed by atoms with Crippen LogP contribution in [-0.2, 0) is 5.41 Å². The molecule has 0 radical (unpaired) electrons. The monoisotopic (exact) mass is 890 g/mol. The third-order valence-corrected chi connectivity index (χ3v) is 13.7. The first-order valence-electron chi connectivity index (χ1n) is 23.9. The highest BCUT2D eigenvalue weighted by molar-refractivity contribution is 5.98. The minimum Gasteiger partial charge on any atom is -0.355 e. The van der Waals surface area contributed by atoms with Crippen LogP contribution in [-0.4, -0.2) is 0 Å². The van der Waals surface area contributed by atoms with E-state index in [1.54, 1.807) is 0 Å². The smallest absolute Gasteiger partial charge is 0.0817 e. The zero-order valence-corrected chi connectivity index (χ0v) is 38.9. The highest BCUT2D eigenvalue weighted by Crippen LogP contribution is 2.53. The van der Waals surface area contributed by atoms with Gasteiger partial charge in [-0.3, -0.25) is 5.32 Å². The largest absolute Gasteiger partial charge is 0.355 e. The van der Waals surface area contributed by atoms with Crippen molar-refractivity contribution < 1.29 is 0 Å². The molecule has 0 heterocycles. The van der Waals surface area contributed by atoms with Crippen molar-refractivity contribution in [2.75, 3.05) is 10.6 Å². The number of fused-ring (bicyclic) bond motifs is 4. The molecule has 1 aliphatic carbocycles. The molecular weight excluding hydrogens is 837 g/mol. The maximum atomic E-state index is 7.03. The molecule has 0 aromatic heterocycles. The van der Waals surface area contributed by atoms with Crippen molar-refractivity contribution >= 4 is 39.6 Å². The van der Waals surface area contributed by atoms with E-state index in [1.807, 2.05) is 18.2 Å². The van der Waals surface area contributed by atoms with E-state index in [-0.39, 0.29) is 11.5 Å². The second kappa shape index (κ2) is 18.8. The lowest BCUT2D eigenvalue weighted by molar-refractivity contribution is 0.509. The number of hydrogen-bond donors (Lipinski definition) is 4. The summed E-state index contributed by atoms with van der Waals surface area (Å²) >= 11 is 0. The van der Waals surface area contributed by atoms with Crippen LogP contribution in [0.4, 0.5) is 22.7 Å².